The molecular formula is C23H16BrN9O. The highest BCUT2D eigenvalue weighted by Crippen LogP contribution is 2.31. The second kappa shape index (κ2) is 8.49. The summed E-state index contributed by atoms with van der Waals surface area (Å²) in [6, 6.07) is 14.9. The number of benzene rings is 1. The minimum atomic E-state index is -0.157. The Morgan fingerprint density at radius 3 is 2.74 bits per heavy atom. The van der Waals surface area contributed by atoms with Crippen LogP contribution in [0.4, 0.5) is 11.5 Å². The first-order chi connectivity index (χ1) is 16.4. The largest absolute Gasteiger partial charge is 0.339 e. The molecule has 4 heterocycles. The molecule has 1 aromatic carbocycles. The number of halogens is 1. The smallest absolute Gasteiger partial charge is 0.177 e. The molecule has 0 fully saturated rings. The lowest BCUT2D eigenvalue weighted by Crippen LogP contribution is -2.04. The van der Waals surface area contributed by atoms with Crippen molar-refractivity contribution in [1.82, 2.24) is 34.9 Å². The number of imidazole rings is 1. The highest BCUT2D eigenvalue weighted by Gasteiger charge is 2.20. The number of ketones is 1. The molecule has 0 saturated heterocycles. The third-order valence-electron chi connectivity index (χ3n) is 5.17. The molecule has 166 valence electrons. The van der Waals surface area contributed by atoms with E-state index in [2.05, 4.69) is 46.6 Å². The maximum atomic E-state index is 12.3. The lowest BCUT2D eigenvalue weighted by atomic mass is 10.1. The van der Waals surface area contributed by atoms with Crippen molar-refractivity contribution < 1.29 is 4.79 Å². The van der Waals surface area contributed by atoms with Crippen LogP contribution < -0.4 is 5.32 Å². The second-order valence-electron chi connectivity index (χ2n) is 7.50. The van der Waals surface area contributed by atoms with E-state index < -0.39 is 0 Å². The Morgan fingerprint density at radius 2 is 2.03 bits per heavy atom. The number of H-pyrrole nitrogens is 1. The molecule has 5 rings (SSSR count). The fraction of sp³-hybridized carbons (Fsp3) is 0.0870. The van der Waals surface area contributed by atoms with Gasteiger partial charge in [0.05, 0.1) is 26.9 Å². The van der Waals surface area contributed by atoms with Crippen molar-refractivity contribution in [2.24, 2.45) is 0 Å². The quantitative estimate of drug-likeness (QED) is 0.327. The van der Waals surface area contributed by atoms with Crippen molar-refractivity contribution in [3.63, 3.8) is 0 Å². The van der Waals surface area contributed by atoms with Crippen molar-refractivity contribution >= 4 is 44.3 Å². The van der Waals surface area contributed by atoms with Gasteiger partial charge in [0.15, 0.2) is 17.3 Å². The van der Waals surface area contributed by atoms with Gasteiger partial charge in [-0.2, -0.15) is 15.5 Å². The number of pyridine rings is 1. The zero-order valence-electron chi connectivity index (χ0n) is 18.0. The van der Waals surface area contributed by atoms with E-state index in [0.717, 1.165) is 22.4 Å². The third kappa shape index (κ3) is 3.80. The Kier molecular flexibility index (Phi) is 5.35. The average Bonchev–Trinajstić information content (AvgIpc) is 3.43. The zero-order valence-corrected chi connectivity index (χ0v) is 19.6. The number of aromatic nitrogens is 7. The number of nitrogens with zero attached hydrogens (tertiary/aromatic N) is 7. The molecule has 0 aliphatic heterocycles. The molecule has 0 atom stereocenters. The Balaban J connectivity index is 1.60. The van der Waals surface area contributed by atoms with Gasteiger partial charge in [0.1, 0.15) is 23.9 Å². The summed E-state index contributed by atoms with van der Waals surface area (Å²) in [5, 5.41) is 27.5. The van der Waals surface area contributed by atoms with E-state index in [0.29, 0.717) is 33.1 Å². The highest BCUT2D eigenvalue weighted by atomic mass is 79.9. The summed E-state index contributed by atoms with van der Waals surface area (Å²) < 4.78 is 2.27. The molecule has 11 heteroatoms. The standard InChI is InChI=1S/C23H16BrN9O/c1-12-3-7-19(31-29-12)27-14-4-6-16-18(9-14)33(11-26-16)20-8-5-15(13(2)34)22(28-20)23-21(24)17(10-25)30-32-23/h3-9,11H,1-2H3,(H,27,31)(H,30,32). The summed E-state index contributed by atoms with van der Waals surface area (Å²) in [7, 11) is 0. The number of carbonyl (C=O) groups excluding carboxylic acids is 1. The Hall–Kier alpha value is -4.43. The monoisotopic (exact) mass is 513 g/mol. The van der Waals surface area contributed by atoms with Gasteiger partial charge in [0.25, 0.3) is 0 Å². The number of carbonyl (C=O) groups is 1. The molecule has 0 saturated carbocycles. The number of hydrogen-bond acceptors (Lipinski definition) is 8. The van der Waals surface area contributed by atoms with Crippen molar-refractivity contribution in [1.29, 1.82) is 5.26 Å². The Morgan fingerprint density at radius 1 is 1.18 bits per heavy atom. The molecular weight excluding hydrogens is 498 g/mol. The molecule has 5 aromatic rings. The predicted molar refractivity (Wildman–Crippen MR) is 129 cm³/mol. The van der Waals surface area contributed by atoms with E-state index in [-0.39, 0.29) is 11.5 Å². The first kappa shape index (κ1) is 21.4. The number of hydrogen-bond donors (Lipinski definition) is 2. The molecule has 2 N–H and O–H groups in total. The van der Waals surface area contributed by atoms with E-state index in [1.165, 1.54) is 6.92 Å². The first-order valence-corrected chi connectivity index (χ1v) is 10.9. The van der Waals surface area contributed by atoms with Gasteiger partial charge < -0.3 is 5.32 Å². The number of anilines is 2. The summed E-state index contributed by atoms with van der Waals surface area (Å²) in [5.74, 6) is 1.02. The number of fused-ring (bicyclic) bond motifs is 1. The number of nitriles is 1. The second-order valence-corrected chi connectivity index (χ2v) is 8.29. The molecule has 0 amide bonds. The van der Waals surface area contributed by atoms with Gasteiger partial charge in [-0.1, -0.05) is 0 Å². The van der Waals surface area contributed by atoms with Crippen LogP contribution in [0.3, 0.4) is 0 Å². The van der Waals surface area contributed by atoms with Crippen molar-refractivity contribution in [2.75, 3.05) is 5.32 Å². The zero-order chi connectivity index (χ0) is 23.8. The molecule has 0 aliphatic rings. The average molecular weight is 514 g/mol. The summed E-state index contributed by atoms with van der Waals surface area (Å²) in [5.41, 5.74) is 4.64. The topological polar surface area (TPSA) is 138 Å². The van der Waals surface area contributed by atoms with Crippen LogP contribution in [0.15, 0.2) is 53.3 Å². The Labute approximate surface area is 201 Å². The Bertz CT molecular complexity index is 1600. The van der Waals surface area contributed by atoms with Crippen LogP contribution in [-0.2, 0) is 0 Å². The molecule has 34 heavy (non-hydrogen) atoms. The maximum Gasteiger partial charge on any atom is 0.177 e. The lowest BCUT2D eigenvalue weighted by Gasteiger charge is -2.10. The summed E-state index contributed by atoms with van der Waals surface area (Å²) in [4.78, 5) is 21.5. The number of aryl methyl sites for hydroxylation is 1. The number of rotatable bonds is 5. The molecule has 0 unspecified atom stereocenters. The van der Waals surface area contributed by atoms with Crippen molar-refractivity contribution in [3.8, 4) is 23.3 Å². The van der Waals surface area contributed by atoms with Crippen LogP contribution in [0, 0.1) is 18.3 Å². The highest BCUT2D eigenvalue weighted by molar-refractivity contribution is 9.10. The summed E-state index contributed by atoms with van der Waals surface area (Å²) >= 11 is 3.38. The van der Waals surface area contributed by atoms with Crippen LogP contribution >= 0.6 is 15.9 Å². The van der Waals surface area contributed by atoms with E-state index in [4.69, 9.17) is 4.98 Å². The van der Waals surface area contributed by atoms with Crippen molar-refractivity contribution in [2.45, 2.75) is 13.8 Å². The SMILES string of the molecule is CC(=O)c1ccc(-n2cnc3ccc(Nc4ccc(C)nn4)cc32)nc1-c1[nH]nc(C#N)c1Br. The van der Waals surface area contributed by atoms with Crippen LogP contribution in [0.5, 0.6) is 0 Å². The van der Waals surface area contributed by atoms with Crippen LogP contribution in [0.25, 0.3) is 28.2 Å². The normalized spacial score (nSPS) is 10.9. The predicted octanol–water partition coefficient (Wildman–Crippen LogP) is 4.49. The molecule has 10 nitrogen and oxygen atoms in total. The molecule has 0 radical (unpaired) electrons. The van der Waals surface area contributed by atoms with Gasteiger partial charge in [-0.05, 0) is 72.2 Å². The first-order valence-electron chi connectivity index (χ1n) is 10.2. The van der Waals surface area contributed by atoms with Crippen molar-refractivity contribution in [3.05, 3.63) is 70.2 Å². The molecule has 0 aliphatic carbocycles. The number of aromatic amines is 1. The van der Waals surface area contributed by atoms with Gasteiger partial charge in [-0.3, -0.25) is 14.5 Å². The van der Waals surface area contributed by atoms with Crippen LogP contribution in [-0.4, -0.2) is 40.7 Å². The minimum Gasteiger partial charge on any atom is -0.339 e. The van der Waals surface area contributed by atoms with Crippen LogP contribution in [0.1, 0.15) is 28.7 Å². The van der Waals surface area contributed by atoms with E-state index >= 15 is 0 Å². The fourth-order valence-corrected chi connectivity index (χ4v) is 3.95. The molecule has 4 aromatic heterocycles. The summed E-state index contributed by atoms with van der Waals surface area (Å²) in [6.07, 6.45) is 1.67. The molecule has 0 bridgehead atoms. The minimum absolute atomic E-state index is 0.157. The van der Waals surface area contributed by atoms with Gasteiger partial charge in [-0.25, -0.2) is 9.97 Å². The lowest BCUT2D eigenvalue weighted by molar-refractivity contribution is 0.101. The van der Waals surface area contributed by atoms with E-state index in [1.807, 2.05) is 47.9 Å². The van der Waals surface area contributed by atoms with E-state index in [1.54, 1.807) is 18.5 Å². The summed E-state index contributed by atoms with van der Waals surface area (Å²) in [6.45, 7) is 3.34. The van der Waals surface area contributed by atoms with Gasteiger partial charge in [-0.15, -0.1) is 5.10 Å². The molecule has 0 spiro atoms. The fourth-order valence-electron chi connectivity index (χ4n) is 3.50. The van der Waals surface area contributed by atoms with Gasteiger partial charge in [0.2, 0.25) is 0 Å². The van der Waals surface area contributed by atoms with E-state index in [9.17, 15) is 10.1 Å². The van der Waals surface area contributed by atoms with Gasteiger partial charge in [0, 0.05) is 11.3 Å². The number of Topliss-reactive ketones (excluding diaryl/α,β-unsaturated/α-hetero) is 1. The maximum absolute atomic E-state index is 12.3. The third-order valence-corrected chi connectivity index (χ3v) is 5.95. The van der Waals surface area contributed by atoms with Gasteiger partial charge >= 0.3 is 0 Å². The van der Waals surface area contributed by atoms with Crippen LogP contribution in [0.2, 0.25) is 0 Å². The number of nitrogens with one attached hydrogen (secondary N) is 2.